The quantitative estimate of drug-likeness (QED) is 0.135. The number of halogens is 3. The van der Waals surface area contributed by atoms with Gasteiger partial charge in [-0.25, -0.2) is 9.59 Å². The Bertz CT molecular complexity index is 1300. The van der Waals surface area contributed by atoms with E-state index in [1.165, 1.54) is 14.2 Å². The van der Waals surface area contributed by atoms with Gasteiger partial charge in [0.15, 0.2) is 0 Å². The van der Waals surface area contributed by atoms with Crippen LogP contribution in [-0.4, -0.2) is 48.6 Å². The van der Waals surface area contributed by atoms with Gasteiger partial charge in [-0.15, -0.1) is 23.5 Å². The van der Waals surface area contributed by atoms with Gasteiger partial charge in [0.1, 0.15) is 0 Å². The summed E-state index contributed by atoms with van der Waals surface area (Å²) in [6.45, 7) is 1.94. The molecule has 0 saturated heterocycles. The third kappa shape index (κ3) is 5.04. The molecule has 34 heavy (non-hydrogen) atoms. The molecule has 2 aromatic carbocycles. The van der Waals surface area contributed by atoms with Crippen LogP contribution in [0.25, 0.3) is 21.8 Å². The lowest BCUT2D eigenvalue weighted by Crippen LogP contribution is -2.03. The number of benzene rings is 2. The smallest absolute Gasteiger partial charge is 0.339 e. The number of nitrogens with one attached hydrogen (secondary N) is 2. The van der Waals surface area contributed by atoms with Crippen LogP contribution in [0.2, 0.25) is 10.0 Å². The van der Waals surface area contributed by atoms with E-state index in [4.69, 9.17) is 32.7 Å². The minimum atomic E-state index is -0.414. The van der Waals surface area contributed by atoms with Crippen LogP contribution >= 0.6 is 69.3 Å². The number of aromatic amines is 2. The number of esters is 2. The summed E-state index contributed by atoms with van der Waals surface area (Å²) >= 11 is 17.9. The molecule has 0 unspecified atom stereocenters. The van der Waals surface area contributed by atoms with E-state index >= 15 is 0 Å². The second kappa shape index (κ2) is 11.5. The number of carbonyl (C=O) groups excluding carboxylic acids is 2. The van der Waals surface area contributed by atoms with E-state index in [9.17, 15) is 9.59 Å². The predicted molar refractivity (Wildman–Crippen MR) is 150 cm³/mol. The highest BCUT2D eigenvalue weighted by atomic mass is 127. The first-order valence-corrected chi connectivity index (χ1v) is 14.0. The van der Waals surface area contributed by atoms with Crippen molar-refractivity contribution in [1.29, 1.82) is 0 Å². The van der Waals surface area contributed by atoms with Gasteiger partial charge >= 0.3 is 11.9 Å². The van der Waals surface area contributed by atoms with Gasteiger partial charge < -0.3 is 19.4 Å². The van der Waals surface area contributed by atoms with Crippen molar-refractivity contribution in [2.45, 2.75) is 16.7 Å². The third-order valence-electron chi connectivity index (χ3n) is 5.12. The van der Waals surface area contributed by atoms with E-state index in [0.717, 1.165) is 40.7 Å². The molecule has 0 bridgehead atoms. The largest absolute Gasteiger partial charge is 0.465 e. The number of rotatable bonds is 4. The molecule has 0 amide bonds. The SMILES string of the molecule is COC(=O)c1cc(C)c2[nH]cc(SC)c2c1Cl.COC(=O)c1cc(I)c2[nH]cc(SC)c2c1Cl. The van der Waals surface area contributed by atoms with E-state index in [1.807, 2.05) is 31.8 Å². The molecule has 0 atom stereocenters. The standard InChI is InChI=1S/C12H12ClNO2S.C11H9ClINO2S/c1-6-4-7(12(15)16-2)10(13)9-8(17-3)5-14-11(6)9;1-16-11(15)5-3-6(13)10-8(9(5)12)7(17-2)4-14-10/h4-5,14H,1-3H3;3-4,14H,1-2H3. The van der Waals surface area contributed by atoms with E-state index in [1.54, 1.807) is 35.7 Å². The molecule has 0 spiro atoms. The number of fused-ring (bicyclic) bond motifs is 2. The van der Waals surface area contributed by atoms with Crippen LogP contribution in [0, 0.1) is 10.5 Å². The second-order valence-corrected chi connectivity index (χ2v) is 10.6. The molecule has 0 aliphatic rings. The summed E-state index contributed by atoms with van der Waals surface area (Å²) in [5, 5.41) is 2.66. The van der Waals surface area contributed by atoms with Gasteiger partial charge in [0.25, 0.3) is 0 Å². The molecule has 0 fully saturated rings. The zero-order valence-electron chi connectivity index (χ0n) is 18.9. The summed E-state index contributed by atoms with van der Waals surface area (Å²) < 4.78 is 10.4. The number of H-pyrrole nitrogens is 2. The number of thioether (sulfide) groups is 2. The molecule has 180 valence electrons. The highest BCUT2D eigenvalue weighted by molar-refractivity contribution is 14.1. The molecule has 11 heteroatoms. The van der Waals surface area contributed by atoms with Crippen LogP contribution in [0.3, 0.4) is 0 Å². The summed E-state index contributed by atoms with van der Waals surface area (Å²) in [5.74, 6) is -0.823. The Morgan fingerprint density at radius 3 is 1.76 bits per heavy atom. The molecule has 4 rings (SSSR count). The van der Waals surface area contributed by atoms with Gasteiger partial charge in [-0.1, -0.05) is 23.2 Å². The zero-order chi connectivity index (χ0) is 25.2. The number of hydrogen-bond acceptors (Lipinski definition) is 6. The molecule has 0 aliphatic heterocycles. The highest BCUT2D eigenvalue weighted by Crippen LogP contribution is 2.38. The monoisotopic (exact) mass is 650 g/mol. The number of methoxy groups -OCH3 is 2. The maximum Gasteiger partial charge on any atom is 0.339 e. The first kappa shape index (κ1) is 27.1. The molecule has 6 nitrogen and oxygen atoms in total. The van der Waals surface area contributed by atoms with Crippen LogP contribution < -0.4 is 0 Å². The van der Waals surface area contributed by atoms with E-state index in [0.29, 0.717) is 21.2 Å². The Labute approximate surface area is 228 Å². The van der Waals surface area contributed by atoms with Gasteiger partial charge in [-0.05, 0) is 59.7 Å². The van der Waals surface area contributed by atoms with Crippen molar-refractivity contribution in [1.82, 2.24) is 9.97 Å². The summed E-state index contributed by atoms with van der Waals surface area (Å²) in [6.07, 6.45) is 7.73. The molecule has 0 saturated carbocycles. The molecule has 2 heterocycles. The first-order chi connectivity index (χ1) is 16.2. The van der Waals surface area contributed by atoms with E-state index < -0.39 is 11.9 Å². The number of aromatic nitrogens is 2. The summed E-state index contributed by atoms with van der Waals surface area (Å²) in [7, 11) is 2.70. The Morgan fingerprint density at radius 1 is 0.853 bits per heavy atom. The van der Waals surface area contributed by atoms with Gasteiger partial charge in [0.05, 0.1) is 46.4 Å². The fraction of sp³-hybridized carbons (Fsp3) is 0.217. The normalized spacial score (nSPS) is 10.8. The Morgan fingerprint density at radius 2 is 1.29 bits per heavy atom. The lowest BCUT2D eigenvalue weighted by Gasteiger charge is -2.07. The fourth-order valence-corrected chi connectivity index (χ4v) is 6.14. The van der Waals surface area contributed by atoms with Crippen molar-refractivity contribution in [2.24, 2.45) is 0 Å². The number of ether oxygens (including phenoxy) is 2. The zero-order valence-corrected chi connectivity index (χ0v) is 24.2. The number of aryl methyl sites for hydroxylation is 1. The van der Waals surface area contributed by atoms with Crippen molar-refractivity contribution in [2.75, 3.05) is 26.7 Å². The minimum Gasteiger partial charge on any atom is -0.465 e. The van der Waals surface area contributed by atoms with Gasteiger partial charge in [0, 0.05) is 36.5 Å². The molecule has 4 aromatic rings. The number of carbonyl (C=O) groups is 2. The predicted octanol–water partition coefficient (Wildman–Crippen LogP) is 7.57. The fourth-order valence-electron chi connectivity index (χ4n) is 3.47. The minimum absolute atomic E-state index is 0.404. The lowest BCUT2D eigenvalue weighted by atomic mass is 10.1. The van der Waals surface area contributed by atoms with Crippen LogP contribution in [0.1, 0.15) is 26.3 Å². The highest BCUT2D eigenvalue weighted by Gasteiger charge is 2.20. The van der Waals surface area contributed by atoms with Gasteiger partial charge in [-0.3, -0.25) is 0 Å². The van der Waals surface area contributed by atoms with Crippen molar-refractivity contribution in [3.63, 3.8) is 0 Å². The third-order valence-corrected chi connectivity index (χ3v) is 8.27. The van der Waals surface area contributed by atoms with Crippen LogP contribution in [0.4, 0.5) is 0 Å². The Balaban J connectivity index is 0.000000191. The van der Waals surface area contributed by atoms with Crippen molar-refractivity contribution in [3.05, 3.63) is 54.8 Å². The Kier molecular flexibility index (Phi) is 9.13. The van der Waals surface area contributed by atoms with Crippen LogP contribution in [0.15, 0.2) is 34.3 Å². The summed E-state index contributed by atoms with van der Waals surface area (Å²) in [6, 6.07) is 3.48. The number of hydrogen-bond donors (Lipinski definition) is 2. The van der Waals surface area contributed by atoms with Crippen molar-refractivity contribution >= 4 is 103 Å². The first-order valence-electron chi connectivity index (χ1n) is 9.73. The maximum absolute atomic E-state index is 11.6. The van der Waals surface area contributed by atoms with Gasteiger partial charge in [-0.2, -0.15) is 0 Å². The van der Waals surface area contributed by atoms with Crippen molar-refractivity contribution < 1.29 is 19.1 Å². The molecule has 2 N–H and O–H groups in total. The maximum atomic E-state index is 11.6. The van der Waals surface area contributed by atoms with Gasteiger partial charge in [0.2, 0.25) is 0 Å². The Hall–Kier alpha value is -1.53. The van der Waals surface area contributed by atoms with E-state index in [-0.39, 0.29) is 0 Å². The topological polar surface area (TPSA) is 84.2 Å². The lowest BCUT2D eigenvalue weighted by molar-refractivity contribution is 0.0592. The molecule has 2 aromatic heterocycles. The van der Waals surface area contributed by atoms with E-state index in [2.05, 4.69) is 32.6 Å². The molecule has 0 aliphatic carbocycles. The van der Waals surface area contributed by atoms with Crippen LogP contribution in [-0.2, 0) is 9.47 Å². The molecule has 0 radical (unpaired) electrons. The average molecular weight is 651 g/mol. The molecular weight excluding hydrogens is 630 g/mol. The summed E-state index contributed by atoms with van der Waals surface area (Å²) in [4.78, 5) is 31.6. The second-order valence-electron chi connectivity index (χ2n) is 6.97. The average Bonchev–Trinajstić information content (AvgIpc) is 3.48. The van der Waals surface area contributed by atoms with Crippen molar-refractivity contribution in [3.8, 4) is 0 Å². The molecular formula is C23H21Cl2IN2O4S2. The van der Waals surface area contributed by atoms with Crippen LogP contribution in [0.5, 0.6) is 0 Å². The summed E-state index contributed by atoms with van der Waals surface area (Å²) in [5.41, 5.74) is 3.71.